The molecule has 0 unspecified atom stereocenters. The molecule has 0 heterocycles. The summed E-state index contributed by atoms with van der Waals surface area (Å²) < 4.78 is 29.8. The smallest absolute Gasteiger partial charge is 0.141 e. The molecular weight excluding hydrogens is 320 g/mol. The number of benzene rings is 2. The first kappa shape index (κ1) is 13.5. The molecule has 2 aromatic rings. The van der Waals surface area contributed by atoms with Crippen molar-refractivity contribution >= 4 is 27.9 Å². The highest BCUT2D eigenvalue weighted by atomic mass is 79.9. The van der Waals surface area contributed by atoms with Crippen molar-refractivity contribution in [1.29, 1.82) is 0 Å². The third kappa shape index (κ3) is 3.54. The summed E-state index contributed by atoms with van der Waals surface area (Å²) >= 11 is 4.18. The molecule has 94 valence electrons. The molecule has 18 heavy (non-hydrogen) atoms. The third-order valence-corrected chi connectivity index (χ3v) is 3.71. The fourth-order valence-electron chi connectivity index (χ4n) is 1.38. The van der Waals surface area contributed by atoms with Crippen molar-refractivity contribution in [1.82, 2.24) is 4.72 Å². The Morgan fingerprint density at radius 3 is 2.50 bits per heavy atom. The Balaban J connectivity index is 1.97. The van der Waals surface area contributed by atoms with Gasteiger partial charge in [0, 0.05) is 12.6 Å². The van der Waals surface area contributed by atoms with Crippen LogP contribution in [0, 0.1) is 11.6 Å². The van der Waals surface area contributed by atoms with Crippen LogP contribution in [0.15, 0.2) is 51.8 Å². The molecule has 0 amide bonds. The average molecular weight is 330 g/mol. The van der Waals surface area contributed by atoms with E-state index in [1.54, 1.807) is 0 Å². The van der Waals surface area contributed by atoms with Gasteiger partial charge in [-0.15, -0.1) is 0 Å². The van der Waals surface area contributed by atoms with Crippen LogP contribution in [-0.4, -0.2) is 0 Å². The van der Waals surface area contributed by atoms with E-state index in [9.17, 15) is 8.78 Å². The van der Waals surface area contributed by atoms with Crippen molar-refractivity contribution in [2.75, 3.05) is 0 Å². The number of rotatable bonds is 4. The summed E-state index contributed by atoms with van der Waals surface area (Å²) in [4.78, 5) is 0.360. The van der Waals surface area contributed by atoms with Gasteiger partial charge in [0.15, 0.2) is 0 Å². The van der Waals surface area contributed by atoms with Gasteiger partial charge in [0.25, 0.3) is 0 Å². The minimum Gasteiger partial charge on any atom is -0.255 e. The highest BCUT2D eigenvalue weighted by molar-refractivity contribution is 9.10. The van der Waals surface area contributed by atoms with Crippen LogP contribution in [0.3, 0.4) is 0 Å². The number of hydrogen-bond donors (Lipinski definition) is 1. The van der Waals surface area contributed by atoms with Crippen molar-refractivity contribution < 1.29 is 8.78 Å². The van der Waals surface area contributed by atoms with Crippen LogP contribution >= 0.6 is 27.9 Å². The second kappa shape index (κ2) is 6.31. The molecule has 0 radical (unpaired) electrons. The lowest BCUT2D eigenvalue weighted by Crippen LogP contribution is -2.03. The van der Waals surface area contributed by atoms with Crippen molar-refractivity contribution in [3.05, 3.63) is 64.1 Å². The number of hydrogen-bond acceptors (Lipinski definition) is 2. The van der Waals surface area contributed by atoms with Crippen molar-refractivity contribution in [3.8, 4) is 0 Å². The van der Waals surface area contributed by atoms with E-state index in [1.165, 1.54) is 6.07 Å². The van der Waals surface area contributed by atoms with Gasteiger partial charge in [0.2, 0.25) is 0 Å². The van der Waals surface area contributed by atoms with E-state index in [0.717, 1.165) is 23.6 Å². The van der Waals surface area contributed by atoms with Gasteiger partial charge in [-0.3, -0.25) is 4.72 Å². The summed E-state index contributed by atoms with van der Waals surface area (Å²) in [5, 5.41) is 0. The summed E-state index contributed by atoms with van der Waals surface area (Å²) in [5.41, 5.74) is 1.10. The Labute approximate surface area is 117 Å². The summed E-state index contributed by atoms with van der Waals surface area (Å²) in [6.45, 7) is 0.611. The Morgan fingerprint density at radius 2 is 1.78 bits per heavy atom. The van der Waals surface area contributed by atoms with Gasteiger partial charge >= 0.3 is 0 Å². The molecule has 0 atom stereocenters. The third-order valence-electron chi connectivity index (χ3n) is 2.28. The summed E-state index contributed by atoms with van der Waals surface area (Å²) in [6.07, 6.45) is 0. The first-order valence-corrected chi connectivity index (χ1v) is 6.86. The van der Waals surface area contributed by atoms with Gasteiger partial charge in [-0.1, -0.05) is 30.3 Å². The minimum absolute atomic E-state index is 0.257. The first-order valence-electron chi connectivity index (χ1n) is 5.25. The molecule has 0 spiro atoms. The molecule has 0 bridgehead atoms. The van der Waals surface area contributed by atoms with Gasteiger partial charge in [-0.05, 0) is 39.5 Å². The quantitative estimate of drug-likeness (QED) is 0.653. The molecule has 0 aromatic heterocycles. The van der Waals surface area contributed by atoms with Crippen LogP contribution in [-0.2, 0) is 6.54 Å². The van der Waals surface area contributed by atoms with Crippen molar-refractivity contribution in [2.24, 2.45) is 0 Å². The number of halogens is 3. The standard InChI is InChI=1S/C13H10BrF2NS/c14-10-6-13(12(16)7-11(10)15)18-17-8-9-4-2-1-3-5-9/h1-7,17H,8H2. The maximum atomic E-state index is 13.4. The summed E-state index contributed by atoms with van der Waals surface area (Å²) in [5.74, 6) is -1.17. The molecule has 0 aliphatic heterocycles. The van der Waals surface area contributed by atoms with E-state index >= 15 is 0 Å². The Morgan fingerprint density at radius 1 is 1.06 bits per heavy atom. The monoisotopic (exact) mass is 329 g/mol. The van der Waals surface area contributed by atoms with Crippen LogP contribution in [0.2, 0.25) is 0 Å². The zero-order chi connectivity index (χ0) is 13.0. The van der Waals surface area contributed by atoms with Crippen LogP contribution in [0.5, 0.6) is 0 Å². The lowest BCUT2D eigenvalue weighted by molar-refractivity contribution is 0.561. The maximum Gasteiger partial charge on any atom is 0.141 e. The fraction of sp³-hybridized carbons (Fsp3) is 0.0769. The van der Waals surface area contributed by atoms with Gasteiger partial charge in [0.1, 0.15) is 11.6 Å². The second-order valence-electron chi connectivity index (χ2n) is 3.61. The zero-order valence-electron chi connectivity index (χ0n) is 9.29. The molecule has 0 aliphatic rings. The van der Waals surface area contributed by atoms with Gasteiger partial charge < -0.3 is 0 Å². The lowest BCUT2D eigenvalue weighted by Gasteiger charge is -2.06. The van der Waals surface area contributed by atoms with E-state index in [2.05, 4.69) is 20.7 Å². The molecule has 0 saturated carbocycles. The highest BCUT2D eigenvalue weighted by Crippen LogP contribution is 2.26. The fourth-order valence-corrected chi connectivity index (χ4v) is 2.60. The second-order valence-corrected chi connectivity index (χ2v) is 5.39. The highest BCUT2D eigenvalue weighted by Gasteiger charge is 2.08. The average Bonchev–Trinajstić information content (AvgIpc) is 2.37. The molecule has 2 rings (SSSR count). The van der Waals surface area contributed by atoms with E-state index in [1.807, 2.05) is 30.3 Å². The predicted octanol–water partition coefficient (Wildman–Crippen LogP) is 4.52. The maximum absolute atomic E-state index is 13.4. The van der Waals surface area contributed by atoms with Gasteiger partial charge in [-0.2, -0.15) is 0 Å². The van der Waals surface area contributed by atoms with E-state index in [-0.39, 0.29) is 4.47 Å². The van der Waals surface area contributed by atoms with Crippen molar-refractivity contribution in [3.63, 3.8) is 0 Å². The Kier molecular flexibility index (Phi) is 4.74. The molecule has 2 aromatic carbocycles. The van der Waals surface area contributed by atoms with Gasteiger partial charge in [-0.25, -0.2) is 8.78 Å². The topological polar surface area (TPSA) is 12.0 Å². The van der Waals surface area contributed by atoms with Crippen LogP contribution < -0.4 is 4.72 Å². The summed E-state index contributed by atoms with van der Waals surface area (Å²) in [6, 6.07) is 12.1. The molecule has 1 nitrogen and oxygen atoms in total. The largest absolute Gasteiger partial charge is 0.255 e. The van der Waals surface area contributed by atoms with E-state index in [4.69, 9.17) is 0 Å². The van der Waals surface area contributed by atoms with Gasteiger partial charge in [0.05, 0.1) is 9.37 Å². The molecule has 0 saturated heterocycles. The van der Waals surface area contributed by atoms with E-state index in [0.29, 0.717) is 11.4 Å². The van der Waals surface area contributed by atoms with E-state index < -0.39 is 11.6 Å². The predicted molar refractivity (Wildman–Crippen MR) is 73.2 cm³/mol. The minimum atomic E-state index is -0.597. The number of nitrogens with one attached hydrogen (secondary N) is 1. The molecule has 0 fully saturated rings. The molecule has 1 N–H and O–H groups in total. The summed E-state index contributed by atoms with van der Waals surface area (Å²) in [7, 11) is 0. The zero-order valence-corrected chi connectivity index (χ0v) is 11.7. The van der Waals surface area contributed by atoms with Crippen LogP contribution in [0.1, 0.15) is 5.56 Å². The Hall–Kier alpha value is -0.910. The first-order chi connectivity index (χ1) is 8.66. The Bertz CT molecular complexity index is 534. The molecular formula is C13H10BrF2NS. The van der Waals surface area contributed by atoms with Crippen LogP contribution in [0.25, 0.3) is 0 Å². The molecule has 5 heteroatoms. The lowest BCUT2D eigenvalue weighted by atomic mass is 10.2. The van der Waals surface area contributed by atoms with Crippen LogP contribution in [0.4, 0.5) is 8.78 Å². The van der Waals surface area contributed by atoms with Crippen molar-refractivity contribution in [2.45, 2.75) is 11.4 Å². The SMILES string of the molecule is Fc1cc(F)c(SNCc2ccccc2)cc1Br. The normalized spacial score (nSPS) is 10.6. The molecule has 0 aliphatic carbocycles.